The van der Waals surface area contributed by atoms with E-state index < -0.39 is 0 Å². The van der Waals surface area contributed by atoms with Crippen LogP contribution in [0.4, 0.5) is 10.5 Å². The Balaban J connectivity index is 1.90. The number of nitrogens with zero attached hydrogens (tertiary/aromatic N) is 3. The standard InChI is InChI=1S/C17H26N4O2/c1-14-7-4-5-8-15(14)20-9-6-10-21(12-11-20)16(22)13-18-17(23)19(2)3/h4-5,7-8H,6,9-13H2,1-3H3,(H,18,23). The predicted octanol–water partition coefficient (Wildman–Crippen LogP) is 1.30. The van der Waals surface area contributed by atoms with E-state index in [1.54, 1.807) is 14.1 Å². The second kappa shape index (κ2) is 7.85. The third-order valence-corrected chi connectivity index (χ3v) is 4.10. The maximum atomic E-state index is 12.3. The van der Waals surface area contributed by atoms with Crippen LogP contribution in [-0.4, -0.2) is 68.6 Å². The number of hydrogen-bond acceptors (Lipinski definition) is 3. The number of hydrogen-bond donors (Lipinski definition) is 1. The molecule has 1 aromatic rings. The van der Waals surface area contributed by atoms with Crippen LogP contribution in [0.1, 0.15) is 12.0 Å². The number of carbonyl (C=O) groups excluding carboxylic acids is 2. The molecule has 0 bridgehead atoms. The quantitative estimate of drug-likeness (QED) is 0.914. The Hall–Kier alpha value is -2.24. The van der Waals surface area contributed by atoms with E-state index >= 15 is 0 Å². The van der Waals surface area contributed by atoms with Gasteiger partial charge in [-0.1, -0.05) is 18.2 Å². The fourth-order valence-corrected chi connectivity index (χ4v) is 2.75. The topological polar surface area (TPSA) is 55.9 Å². The molecule has 0 aromatic heterocycles. The summed E-state index contributed by atoms with van der Waals surface area (Å²) in [6.45, 7) is 5.35. The van der Waals surface area contributed by atoms with Crippen LogP contribution < -0.4 is 10.2 Å². The fraction of sp³-hybridized carbons (Fsp3) is 0.529. The molecule has 1 aliphatic heterocycles. The minimum absolute atomic E-state index is 0.0215. The second-order valence-electron chi connectivity index (χ2n) is 6.06. The Kier molecular flexibility index (Phi) is 5.84. The molecule has 0 saturated carbocycles. The van der Waals surface area contributed by atoms with Gasteiger partial charge in [0.15, 0.2) is 0 Å². The lowest BCUT2D eigenvalue weighted by Crippen LogP contribution is -2.44. The number of benzene rings is 1. The molecule has 0 radical (unpaired) electrons. The van der Waals surface area contributed by atoms with Crippen molar-refractivity contribution in [1.82, 2.24) is 15.1 Å². The lowest BCUT2D eigenvalue weighted by molar-refractivity contribution is -0.129. The molecular weight excluding hydrogens is 292 g/mol. The van der Waals surface area contributed by atoms with Gasteiger partial charge in [0.25, 0.3) is 0 Å². The molecule has 23 heavy (non-hydrogen) atoms. The third-order valence-electron chi connectivity index (χ3n) is 4.10. The summed E-state index contributed by atoms with van der Waals surface area (Å²) in [5, 5.41) is 2.63. The molecular formula is C17H26N4O2. The summed E-state index contributed by atoms with van der Waals surface area (Å²) in [6.07, 6.45) is 0.932. The molecule has 0 atom stereocenters. The molecule has 1 fully saturated rings. The molecule has 1 N–H and O–H groups in total. The maximum absolute atomic E-state index is 12.3. The van der Waals surface area contributed by atoms with Gasteiger partial charge in [-0.05, 0) is 25.0 Å². The molecule has 0 unspecified atom stereocenters. The molecule has 6 heteroatoms. The van der Waals surface area contributed by atoms with Gasteiger partial charge in [-0.25, -0.2) is 4.79 Å². The van der Waals surface area contributed by atoms with Crippen molar-refractivity contribution in [3.05, 3.63) is 29.8 Å². The molecule has 126 valence electrons. The smallest absolute Gasteiger partial charge is 0.317 e. The number of urea groups is 1. The van der Waals surface area contributed by atoms with Crippen molar-refractivity contribution in [1.29, 1.82) is 0 Å². The Morgan fingerprint density at radius 1 is 1.13 bits per heavy atom. The number of para-hydroxylation sites is 1. The largest absolute Gasteiger partial charge is 0.369 e. The Morgan fingerprint density at radius 2 is 1.87 bits per heavy atom. The Bertz CT molecular complexity index is 559. The van der Waals surface area contributed by atoms with Crippen LogP contribution in [0.5, 0.6) is 0 Å². The Morgan fingerprint density at radius 3 is 2.57 bits per heavy atom. The first-order chi connectivity index (χ1) is 11.0. The van der Waals surface area contributed by atoms with Gasteiger partial charge in [0, 0.05) is 46.0 Å². The highest BCUT2D eigenvalue weighted by atomic mass is 16.2. The number of anilines is 1. The minimum Gasteiger partial charge on any atom is -0.369 e. The summed E-state index contributed by atoms with van der Waals surface area (Å²) < 4.78 is 0. The van der Waals surface area contributed by atoms with E-state index in [0.29, 0.717) is 6.54 Å². The molecule has 3 amide bonds. The maximum Gasteiger partial charge on any atom is 0.317 e. The fourth-order valence-electron chi connectivity index (χ4n) is 2.75. The van der Waals surface area contributed by atoms with Gasteiger partial charge in [0.05, 0.1) is 6.54 Å². The van der Waals surface area contributed by atoms with Gasteiger partial charge >= 0.3 is 6.03 Å². The second-order valence-corrected chi connectivity index (χ2v) is 6.06. The van der Waals surface area contributed by atoms with Crippen LogP contribution in [0.15, 0.2) is 24.3 Å². The van der Waals surface area contributed by atoms with Crippen molar-refractivity contribution in [2.45, 2.75) is 13.3 Å². The summed E-state index contributed by atoms with van der Waals surface area (Å²) in [5.41, 5.74) is 2.49. The van der Waals surface area contributed by atoms with E-state index in [1.165, 1.54) is 16.2 Å². The summed E-state index contributed by atoms with van der Waals surface area (Å²) in [6, 6.07) is 8.09. The number of carbonyl (C=O) groups is 2. The van der Waals surface area contributed by atoms with E-state index in [9.17, 15) is 9.59 Å². The van der Waals surface area contributed by atoms with Crippen molar-refractivity contribution in [3.8, 4) is 0 Å². The first kappa shape index (κ1) is 17.1. The van der Waals surface area contributed by atoms with Crippen molar-refractivity contribution in [3.63, 3.8) is 0 Å². The minimum atomic E-state index is -0.241. The first-order valence-corrected chi connectivity index (χ1v) is 8.02. The average molecular weight is 318 g/mol. The molecule has 1 heterocycles. The van der Waals surface area contributed by atoms with Gasteiger partial charge in [-0.15, -0.1) is 0 Å². The number of amides is 3. The number of nitrogens with one attached hydrogen (secondary N) is 1. The molecule has 1 saturated heterocycles. The van der Waals surface area contributed by atoms with E-state index in [-0.39, 0.29) is 18.5 Å². The van der Waals surface area contributed by atoms with Crippen LogP contribution in [-0.2, 0) is 4.79 Å². The Labute approximate surface area is 138 Å². The monoisotopic (exact) mass is 318 g/mol. The van der Waals surface area contributed by atoms with Gasteiger partial charge in [-0.2, -0.15) is 0 Å². The van der Waals surface area contributed by atoms with Crippen molar-refractivity contribution < 1.29 is 9.59 Å². The number of rotatable bonds is 3. The van der Waals surface area contributed by atoms with Gasteiger partial charge in [0.2, 0.25) is 5.91 Å². The molecule has 0 aliphatic carbocycles. The van der Waals surface area contributed by atoms with Crippen LogP contribution in [0.25, 0.3) is 0 Å². The zero-order valence-electron chi connectivity index (χ0n) is 14.2. The van der Waals surface area contributed by atoms with Gasteiger partial charge < -0.3 is 20.0 Å². The van der Waals surface area contributed by atoms with E-state index in [1.807, 2.05) is 17.0 Å². The van der Waals surface area contributed by atoms with Crippen LogP contribution in [0.2, 0.25) is 0 Å². The molecule has 6 nitrogen and oxygen atoms in total. The van der Waals surface area contributed by atoms with Gasteiger partial charge in [0.1, 0.15) is 0 Å². The zero-order chi connectivity index (χ0) is 16.8. The van der Waals surface area contributed by atoms with Crippen LogP contribution in [0.3, 0.4) is 0 Å². The molecule has 1 aliphatic rings. The van der Waals surface area contributed by atoms with Crippen molar-refractivity contribution >= 4 is 17.6 Å². The lowest BCUT2D eigenvalue weighted by atomic mass is 10.2. The highest BCUT2D eigenvalue weighted by Crippen LogP contribution is 2.20. The highest BCUT2D eigenvalue weighted by molar-refractivity contribution is 5.83. The summed E-state index contributed by atoms with van der Waals surface area (Å²) in [7, 11) is 3.32. The third kappa shape index (κ3) is 4.61. The predicted molar refractivity (Wildman–Crippen MR) is 91.7 cm³/mol. The van der Waals surface area contributed by atoms with Crippen molar-refractivity contribution in [2.75, 3.05) is 51.7 Å². The van der Waals surface area contributed by atoms with E-state index in [0.717, 1.165) is 26.1 Å². The summed E-state index contributed by atoms with van der Waals surface area (Å²) in [5.74, 6) is -0.0215. The summed E-state index contributed by atoms with van der Waals surface area (Å²) >= 11 is 0. The normalized spacial score (nSPS) is 15.1. The SMILES string of the molecule is Cc1ccccc1N1CCCN(C(=O)CNC(=O)N(C)C)CC1. The van der Waals surface area contributed by atoms with Crippen LogP contribution >= 0.6 is 0 Å². The average Bonchev–Trinajstić information content (AvgIpc) is 2.78. The summed E-state index contributed by atoms with van der Waals surface area (Å²) in [4.78, 5) is 29.4. The first-order valence-electron chi connectivity index (χ1n) is 8.02. The molecule has 2 rings (SSSR count). The van der Waals surface area contributed by atoms with Crippen molar-refractivity contribution in [2.24, 2.45) is 0 Å². The molecule has 1 aromatic carbocycles. The van der Waals surface area contributed by atoms with E-state index in [4.69, 9.17) is 0 Å². The van der Waals surface area contributed by atoms with Crippen LogP contribution in [0, 0.1) is 6.92 Å². The van der Waals surface area contributed by atoms with E-state index in [2.05, 4.69) is 29.3 Å². The number of aryl methyl sites for hydroxylation is 1. The highest BCUT2D eigenvalue weighted by Gasteiger charge is 2.20. The van der Waals surface area contributed by atoms with Gasteiger partial charge in [-0.3, -0.25) is 4.79 Å². The molecule has 0 spiro atoms. The zero-order valence-corrected chi connectivity index (χ0v) is 14.2. The lowest BCUT2D eigenvalue weighted by Gasteiger charge is -2.25.